The van der Waals surface area contributed by atoms with Crippen molar-refractivity contribution >= 4 is 11.9 Å². The molecular weight excluding hydrogens is 186 g/mol. The Morgan fingerprint density at radius 3 is 2.14 bits per heavy atom. The molecule has 0 amide bonds. The lowest BCUT2D eigenvalue weighted by atomic mass is 10.2. The lowest BCUT2D eigenvalue weighted by Crippen LogP contribution is -1.97. The maximum absolute atomic E-state index is 10.7. The van der Waals surface area contributed by atoms with Gasteiger partial charge in [-0.1, -0.05) is 0 Å². The Bertz CT molecular complexity index is 322. The molecule has 0 saturated carbocycles. The number of esters is 2. The van der Waals surface area contributed by atoms with Crippen LogP contribution in [0.5, 0.6) is 0 Å². The molecule has 0 aliphatic heterocycles. The van der Waals surface area contributed by atoms with Crippen LogP contribution in [0.4, 0.5) is 0 Å². The molecule has 0 atom stereocenters. The summed E-state index contributed by atoms with van der Waals surface area (Å²) in [6, 6.07) is 1.71. The molecule has 0 unspecified atom stereocenters. The van der Waals surface area contributed by atoms with Crippen molar-refractivity contribution in [2.45, 2.75) is 0 Å². The van der Waals surface area contributed by atoms with E-state index in [0.717, 1.165) is 12.2 Å². The highest BCUT2D eigenvalue weighted by Gasteiger charge is 1.98. The zero-order valence-electron chi connectivity index (χ0n) is 7.81. The van der Waals surface area contributed by atoms with Crippen LogP contribution in [0.1, 0.15) is 0 Å². The Labute approximate surface area is 81.2 Å². The van der Waals surface area contributed by atoms with Crippen molar-refractivity contribution in [2.75, 3.05) is 14.2 Å². The molecule has 0 radical (unpaired) electrons. The quantitative estimate of drug-likeness (QED) is 0.281. The van der Waals surface area contributed by atoms with E-state index in [-0.39, 0.29) is 5.57 Å². The van der Waals surface area contributed by atoms with Gasteiger partial charge in [0.05, 0.1) is 25.9 Å². The number of rotatable bonds is 3. The zero-order valence-corrected chi connectivity index (χ0v) is 7.81. The van der Waals surface area contributed by atoms with Crippen LogP contribution in [0.2, 0.25) is 0 Å². The lowest BCUT2D eigenvalue weighted by molar-refractivity contribution is -0.135. The average Bonchev–Trinajstić information content (AvgIpc) is 2.22. The summed E-state index contributed by atoms with van der Waals surface area (Å²) in [6.07, 6.45) is 3.18. The minimum absolute atomic E-state index is 0.0160. The van der Waals surface area contributed by atoms with Gasteiger partial charge >= 0.3 is 11.9 Å². The molecular formula is C9H9NO4. The van der Waals surface area contributed by atoms with E-state index >= 15 is 0 Å². The number of ether oxygens (including phenoxy) is 2. The zero-order chi connectivity index (χ0) is 11.0. The monoisotopic (exact) mass is 195 g/mol. The van der Waals surface area contributed by atoms with Crippen LogP contribution < -0.4 is 0 Å². The number of methoxy groups -OCH3 is 2. The van der Waals surface area contributed by atoms with Crippen LogP contribution in [0.25, 0.3) is 0 Å². The van der Waals surface area contributed by atoms with Gasteiger partial charge in [-0.3, -0.25) is 0 Å². The van der Waals surface area contributed by atoms with Gasteiger partial charge < -0.3 is 9.47 Å². The molecule has 14 heavy (non-hydrogen) atoms. The first kappa shape index (κ1) is 11.9. The molecule has 0 saturated heterocycles. The Hall–Kier alpha value is -2.09. The second kappa shape index (κ2) is 6.43. The van der Waals surface area contributed by atoms with Gasteiger partial charge in [0.1, 0.15) is 0 Å². The fraction of sp³-hybridized carbons (Fsp3) is 0.222. The summed E-state index contributed by atoms with van der Waals surface area (Å²) in [7, 11) is 2.40. The number of carbonyl (C=O) groups is 2. The third-order valence-corrected chi connectivity index (χ3v) is 1.20. The maximum Gasteiger partial charge on any atom is 0.331 e. The number of carbonyl (C=O) groups excluding carboxylic acids is 2. The first-order valence-corrected chi connectivity index (χ1v) is 3.59. The fourth-order valence-corrected chi connectivity index (χ4v) is 0.529. The van der Waals surface area contributed by atoms with Gasteiger partial charge in [-0.15, -0.1) is 0 Å². The van der Waals surface area contributed by atoms with E-state index in [1.165, 1.54) is 20.3 Å². The highest BCUT2D eigenvalue weighted by Crippen LogP contribution is 1.96. The number of nitrogens with zero attached hydrogens (tertiary/aromatic N) is 1. The summed E-state index contributed by atoms with van der Waals surface area (Å²) in [5.41, 5.74) is 0.0160. The van der Waals surface area contributed by atoms with E-state index in [1.54, 1.807) is 6.07 Å². The molecule has 0 rings (SSSR count). The Balaban J connectivity index is 4.54. The molecule has 0 heterocycles. The Morgan fingerprint density at radius 1 is 1.14 bits per heavy atom. The highest BCUT2D eigenvalue weighted by atomic mass is 16.5. The predicted molar refractivity (Wildman–Crippen MR) is 46.9 cm³/mol. The van der Waals surface area contributed by atoms with E-state index in [0.29, 0.717) is 0 Å². The molecule has 0 aromatic carbocycles. The fourth-order valence-electron chi connectivity index (χ4n) is 0.529. The number of hydrogen-bond donors (Lipinski definition) is 0. The molecule has 0 aliphatic rings. The topological polar surface area (TPSA) is 76.4 Å². The van der Waals surface area contributed by atoms with Crippen LogP contribution >= 0.6 is 0 Å². The third-order valence-electron chi connectivity index (χ3n) is 1.20. The van der Waals surface area contributed by atoms with E-state index in [9.17, 15) is 9.59 Å². The molecule has 0 bridgehead atoms. The van der Waals surface area contributed by atoms with Gasteiger partial charge in [-0.05, 0) is 6.08 Å². The van der Waals surface area contributed by atoms with Crippen molar-refractivity contribution in [1.82, 2.24) is 0 Å². The normalized spacial score (nSPS) is 10.8. The van der Waals surface area contributed by atoms with Gasteiger partial charge in [0.2, 0.25) is 0 Å². The van der Waals surface area contributed by atoms with Gasteiger partial charge in [-0.25, -0.2) is 9.59 Å². The minimum atomic E-state index is -0.656. The Morgan fingerprint density at radius 2 is 1.71 bits per heavy atom. The van der Waals surface area contributed by atoms with Gasteiger partial charge in [0.15, 0.2) is 0 Å². The molecule has 5 heteroatoms. The summed E-state index contributed by atoms with van der Waals surface area (Å²) >= 11 is 0. The largest absolute Gasteiger partial charge is 0.466 e. The highest BCUT2D eigenvalue weighted by molar-refractivity contribution is 5.86. The van der Waals surface area contributed by atoms with Crippen LogP contribution in [-0.4, -0.2) is 26.2 Å². The van der Waals surface area contributed by atoms with Crippen molar-refractivity contribution in [3.63, 3.8) is 0 Å². The third kappa shape index (κ3) is 4.72. The lowest BCUT2D eigenvalue weighted by Gasteiger charge is -1.91. The smallest absolute Gasteiger partial charge is 0.331 e. The van der Waals surface area contributed by atoms with Crippen LogP contribution in [0, 0.1) is 11.3 Å². The summed E-state index contributed by atoms with van der Waals surface area (Å²) in [6.45, 7) is 0. The summed E-state index contributed by atoms with van der Waals surface area (Å²) in [4.78, 5) is 21.3. The van der Waals surface area contributed by atoms with Crippen molar-refractivity contribution in [3.05, 3.63) is 23.8 Å². The number of hydrogen-bond acceptors (Lipinski definition) is 5. The summed E-state index contributed by atoms with van der Waals surface area (Å²) in [5.74, 6) is -1.26. The minimum Gasteiger partial charge on any atom is -0.466 e. The van der Waals surface area contributed by atoms with Gasteiger partial charge in [0, 0.05) is 12.2 Å². The first-order chi connectivity index (χ1) is 6.63. The van der Waals surface area contributed by atoms with Crippen LogP contribution in [0.15, 0.2) is 23.8 Å². The van der Waals surface area contributed by atoms with Gasteiger partial charge in [0.25, 0.3) is 0 Å². The van der Waals surface area contributed by atoms with Crippen LogP contribution in [-0.2, 0) is 19.1 Å². The molecule has 0 spiro atoms. The van der Waals surface area contributed by atoms with Crippen molar-refractivity contribution in [1.29, 1.82) is 5.26 Å². The van der Waals surface area contributed by atoms with E-state index < -0.39 is 11.9 Å². The molecule has 0 fully saturated rings. The summed E-state index contributed by atoms with van der Waals surface area (Å²) in [5, 5.41) is 8.53. The Kier molecular flexibility index (Phi) is 5.47. The van der Waals surface area contributed by atoms with Crippen molar-refractivity contribution in [2.24, 2.45) is 0 Å². The molecule has 74 valence electrons. The predicted octanol–water partition coefficient (Wildman–Crippen LogP) is 0.339. The molecule has 5 nitrogen and oxygen atoms in total. The SMILES string of the molecule is COC(=O)/C=C\C(C#N)=C/C(=O)OC. The standard InChI is InChI=1S/C9H9NO4/c1-13-8(11)4-3-7(6-10)5-9(12)14-2/h3-5H,1-2H3/b4-3-,7-5+. The van der Waals surface area contributed by atoms with E-state index in [1.807, 2.05) is 0 Å². The maximum atomic E-state index is 10.7. The molecule has 0 N–H and O–H groups in total. The van der Waals surface area contributed by atoms with Gasteiger partial charge in [-0.2, -0.15) is 5.26 Å². The van der Waals surface area contributed by atoms with E-state index in [4.69, 9.17) is 5.26 Å². The second-order valence-electron chi connectivity index (χ2n) is 2.09. The molecule has 0 aromatic heterocycles. The number of nitriles is 1. The molecule has 0 aliphatic carbocycles. The summed E-state index contributed by atoms with van der Waals surface area (Å²) < 4.78 is 8.60. The van der Waals surface area contributed by atoms with E-state index in [2.05, 4.69) is 9.47 Å². The number of allylic oxidation sites excluding steroid dienone is 2. The van der Waals surface area contributed by atoms with Crippen molar-refractivity contribution in [3.8, 4) is 6.07 Å². The molecule has 0 aromatic rings. The van der Waals surface area contributed by atoms with Crippen LogP contribution in [0.3, 0.4) is 0 Å². The average molecular weight is 195 g/mol. The van der Waals surface area contributed by atoms with Crippen molar-refractivity contribution < 1.29 is 19.1 Å². The second-order valence-corrected chi connectivity index (χ2v) is 2.09. The first-order valence-electron chi connectivity index (χ1n) is 3.59.